The van der Waals surface area contributed by atoms with Gasteiger partial charge in [-0.1, -0.05) is 0 Å². The minimum Gasteiger partial charge on any atom is -0.479 e. The van der Waals surface area contributed by atoms with Crippen molar-refractivity contribution in [3.8, 4) is 0 Å². The summed E-state index contributed by atoms with van der Waals surface area (Å²) >= 11 is 0. The molecule has 0 aromatic rings. The SMILES string of the molecule is CO[C@@H]1O[C@H](CO)[C@H](OS(=O)(=O)O)[C@H](O[C@@H]2O[C@@H](C(=O)O)[C@@H](O[C@@H]3O[C@H](CO)[C@H](OS(=O)(=O)O)[C@H](O)[C@H]3NC(C)=O)[C@H](O)[C@H]2OS(=O)(=O)O)[C@H]1NC(C)=O. The van der Waals surface area contributed by atoms with Gasteiger partial charge in [-0.15, -0.1) is 0 Å². The second kappa shape index (κ2) is 18.3. The number of aliphatic carboxylic acids is 1. The van der Waals surface area contributed by atoms with Gasteiger partial charge in [0.05, 0.1) is 13.2 Å². The molecule has 3 aliphatic heterocycles. The first-order valence-corrected chi connectivity index (χ1v) is 19.0. The molecule has 3 fully saturated rings. The number of ether oxygens (including phenoxy) is 6. The molecule has 0 spiro atoms. The van der Waals surface area contributed by atoms with Crippen LogP contribution >= 0.6 is 0 Å². The molecule has 2 amide bonds. The lowest BCUT2D eigenvalue weighted by Gasteiger charge is -2.49. The fraction of sp³-hybridized carbons (Fsp3) is 0.870. The number of carbonyl (C=O) groups is 3. The minimum absolute atomic E-state index is 0.871. The van der Waals surface area contributed by atoms with Gasteiger partial charge < -0.3 is 64.6 Å². The van der Waals surface area contributed by atoms with Gasteiger partial charge in [0.1, 0.15) is 60.9 Å². The van der Waals surface area contributed by atoms with Crippen molar-refractivity contribution in [1.29, 1.82) is 0 Å². The fourth-order valence-corrected chi connectivity index (χ4v) is 7.25. The highest BCUT2D eigenvalue weighted by Gasteiger charge is 2.58. The summed E-state index contributed by atoms with van der Waals surface area (Å²) in [5.41, 5.74) is 0. The van der Waals surface area contributed by atoms with E-state index >= 15 is 0 Å². The van der Waals surface area contributed by atoms with E-state index in [2.05, 4.69) is 23.2 Å². The number of amides is 2. The van der Waals surface area contributed by atoms with Crippen LogP contribution in [0.1, 0.15) is 13.8 Å². The molecule has 0 radical (unpaired) electrons. The Bertz CT molecular complexity index is 1660. The lowest BCUT2D eigenvalue weighted by Crippen LogP contribution is -2.70. The molecule has 0 saturated carbocycles. The average molecular weight is 855 g/mol. The van der Waals surface area contributed by atoms with Crippen molar-refractivity contribution in [2.24, 2.45) is 0 Å². The van der Waals surface area contributed by atoms with Gasteiger partial charge in [-0.2, -0.15) is 25.3 Å². The van der Waals surface area contributed by atoms with Crippen LogP contribution in [0.3, 0.4) is 0 Å². The Kier molecular flexibility index (Phi) is 15.6. The van der Waals surface area contributed by atoms with E-state index in [1.165, 1.54) is 0 Å². The minimum atomic E-state index is -5.71. The van der Waals surface area contributed by atoms with E-state index in [9.17, 15) is 74.3 Å². The molecule has 3 heterocycles. The van der Waals surface area contributed by atoms with Crippen LogP contribution in [-0.2, 0) is 86.6 Å². The number of carboxylic acids is 1. The Hall–Kier alpha value is -2.38. The van der Waals surface area contributed by atoms with Gasteiger partial charge in [0, 0.05) is 21.0 Å². The quantitative estimate of drug-likeness (QED) is 0.0645. The third-order valence-electron chi connectivity index (χ3n) is 7.70. The standard InChI is InChI=1S/C23H38N2O26S3/c1-6(28)24-10-12(30)14(49-52(34,35)36)8(4-26)45-22(10)47-17-13(31)18(51-54(40,41)42)23(48-19(17)20(32)33)46-16-11(25-7(2)29)21(43-3)44-9(5-27)15(16)50-53(37,38)39/h8-19,21-23,26-27,30-31H,4-5H2,1-3H3,(H,24,28)(H,25,29)(H,32,33)(H,34,35,36)(H,37,38,39)(H,40,41,42)/t8-,9-,10-,11-,12-,13+,14+,15+,16-,17+,18-,19-,21-,22+,23-/m1/s1. The second-order valence-electron chi connectivity index (χ2n) is 11.6. The van der Waals surface area contributed by atoms with E-state index in [0.717, 1.165) is 21.0 Å². The molecule has 0 aromatic carbocycles. The molecule has 3 aliphatic rings. The van der Waals surface area contributed by atoms with Crippen LogP contribution < -0.4 is 10.6 Å². The van der Waals surface area contributed by atoms with Crippen LogP contribution in [0.15, 0.2) is 0 Å². The number of aliphatic hydroxyl groups is 4. The molecule has 0 aliphatic carbocycles. The van der Waals surface area contributed by atoms with Gasteiger partial charge in [0.15, 0.2) is 31.1 Å². The molecule has 10 N–H and O–H groups in total. The third-order valence-corrected chi connectivity index (χ3v) is 9.09. The lowest BCUT2D eigenvalue weighted by atomic mass is 9.94. The van der Waals surface area contributed by atoms with Gasteiger partial charge in [0.2, 0.25) is 11.8 Å². The van der Waals surface area contributed by atoms with Gasteiger partial charge in [-0.3, -0.25) is 23.2 Å². The predicted octanol–water partition coefficient (Wildman–Crippen LogP) is -7.06. The van der Waals surface area contributed by atoms with E-state index in [1.54, 1.807) is 0 Å². The van der Waals surface area contributed by atoms with E-state index in [-0.39, 0.29) is 0 Å². The normalized spacial score (nSPS) is 38.0. The zero-order chi connectivity index (χ0) is 41.1. The van der Waals surface area contributed by atoms with Crippen LogP contribution in [0, 0.1) is 0 Å². The summed E-state index contributed by atoms with van der Waals surface area (Å²) in [5, 5.41) is 56.4. The number of aliphatic hydroxyl groups excluding tert-OH is 4. The number of methoxy groups -OCH3 is 1. The van der Waals surface area contributed by atoms with Crippen molar-refractivity contribution in [1.82, 2.24) is 10.6 Å². The second-order valence-corrected chi connectivity index (χ2v) is 14.7. The molecule has 0 unspecified atom stereocenters. The van der Waals surface area contributed by atoms with Crippen LogP contribution in [0.5, 0.6) is 0 Å². The summed E-state index contributed by atoms with van der Waals surface area (Å²) in [6.07, 6.45) is -29.5. The molecule has 15 atom stereocenters. The molecule has 28 nitrogen and oxygen atoms in total. The Labute approximate surface area is 305 Å². The highest BCUT2D eigenvalue weighted by atomic mass is 32.3. The summed E-state index contributed by atoms with van der Waals surface area (Å²) in [6.45, 7) is -0.515. The number of carboxylic acid groups (broad SMARTS) is 1. The zero-order valence-corrected chi connectivity index (χ0v) is 30.2. The van der Waals surface area contributed by atoms with E-state index in [4.69, 9.17) is 33.0 Å². The van der Waals surface area contributed by atoms with Crippen molar-refractivity contribution < 1.29 is 120 Å². The molecule has 0 bridgehead atoms. The monoisotopic (exact) mass is 854 g/mol. The molecule has 0 aromatic heterocycles. The molecule has 31 heteroatoms. The molecule has 3 rings (SSSR count). The maximum Gasteiger partial charge on any atom is 0.397 e. The molecular formula is C23H38N2O26S3. The van der Waals surface area contributed by atoms with Crippen LogP contribution in [0.25, 0.3) is 0 Å². The van der Waals surface area contributed by atoms with E-state index in [1.807, 2.05) is 0 Å². The van der Waals surface area contributed by atoms with Crippen LogP contribution in [0.4, 0.5) is 0 Å². The number of carbonyl (C=O) groups excluding carboxylic acids is 2. The number of hydrogen-bond donors (Lipinski definition) is 10. The Balaban J connectivity index is 2.12. The zero-order valence-electron chi connectivity index (χ0n) is 27.7. The molecular weight excluding hydrogens is 816 g/mol. The first-order chi connectivity index (χ1) is 24.8. The highest BCUT2D eigenvalue weighted by Crippen LogP contribution is 2.36. The average Bonchev–Trinajstić information content (AvgIpc) is 3.02. The van der Waals surface area contributed by atoms with Gasteiger partial charge in [-0.05, 0) is 0 Å². The van der Waals surface area contributed by atoms with Gasteiger partial charge in [0.25, 0.3) is 0 Å². The van der Waals surface area contributed by atoms with E-state index in [0.29, 0.717) is 0 Å². The smallest absolute Gasteiger partial charge is 0.397 e. The molecule has 314 valence electrons. The van der Waals surface area contributed by atoms with Gasteiger partial charge >= 0.3 is 37.2 Å². The van der Waals surface area contributed by atoms with Gasteiger partial charge in [-0.25, -0.2) is 17.3 Å². The molecule has 54 heavy (non-hydrogen) atoms. The lowest BCUT2D eigenvalue weighted by molar-refractivity contribution is -0.355. The number of nitrogens with one attached hydrogen (secondary N) is 2. The predicted molar refractivity (Wildman–Crippen MR) is 161 cm³/mol. The maximum absolute atomic E-state index is 12.5. The maximum atomic E-state index is 12.5. The summed E-state index contributed by atoms with van der Waals surface area (Å²) in [5.74, 6) is -3.94. The van der Waals surface area contributed by atoms with Crippen LogP contribution in [0.2, 0.25) is 0 Å². The van der Waals surface area contributed by atoms with Crippen molar-refractivity contribution >= 4 is 49.0 Å². The summed E-state index contributed by atoms with van der Waals surface area (Å²) < 4.78 is 144. The largest absolute Gasteiger partial charge is 0.479 e. The van der Waals surface area contributed by atoms with Crippen molar-refractivity contribution in [3.05, 3.63) is 0 Å². The first-order valence-electron chi connectivity index (χ1n) is 14.9. The number of rotatable bonds is 16. The summed E-state index contributed by atoms with van der Waals surface area (Å²) in [4.78, 5) is 36.7. The van der Waals surface area contributed by atoms with Crippen molar-refractivity contribution in [3.63, 3.8) is 0 Å². The summed E-state index contributed by atoms with van der Waals surface area (Å²) in [7, 11) is -15.6. The Morgan fingerprint density at radius 3 is 1.52 bits per heavy atom. The van der Waals surface area contributed by atoms with Crippen molar-refractivity contribution in [2.75, 3.05) is 20.3 Å². The Morgan fingerprint density at radius 1 is 0.611 bits per heavy atom. The highest BCUT2D eigenvalue weighted by molar-refractivity contribution is 7.81. The van der Waals surface area contributed by atoms with E-state index < -0.39 is 154 Å². The Morgan fingerprint density at radius 2 is 1.06 bits per heavy atom. The molecule has 3 saturated heterocycles. The van der Waals surface area contributed by atoms with Crippen molar-refractivity contribution in [2.45, 2.75) is 106 Å². The topological polar surface area (TPSA) is 423 Å². The fourth-order valence-electron chi connectivity index (χ4n) is 5.73. The first kappa shape index (κ1) is 46.0. The van der Waals surface area contributed by atoms with Crippen LogP contribution in [-0.4, -0.2) is 195 Å². The number of hydrogen-bond acceptors (Lipinski definition) is 22. The third kappa shape index (κ3) is 12.1. The summed E-state index contributed by atoms with van der Waals surface area (Å²) in [6, 6.07) is -3.75.